The van der Waals surface area contributed by atoms with Crippen molar-refractivity contribution in [2.45, 2.75) is 39.7 Å². The van der Waals surface area contributed by atoms with Crippen molar-refractivity contribution in [3.63, 3.8) is 0 Å². The van der Waals surface area contributed by atoms with Crippen LogP contribution in [-0.2, 0) is 13.5 Å². The normalized spacial score (nSPS) is 13.1. The van der Waals surface area contributed by atoms with Crippen LogP contribution in [0, 0.1) is 6.92 Å². The number of imidazole rings is 1. The Labute approximate surface area is 127 Å². The minimum Gasteiger partial charge on any atom is -0.369 e. The number of anilines is 1. The molecule has 0 saturated heterocycles. The summed E-state index contributed by atoms with van der Waals surface area (Å²) in [5.41, 5.74) is 9.06. The van der Waals surface area contributed by atoms with E-state index in [-0.39, 0.29) is 6.04 Å². The fourth-order valence-electron chi connectivity index (χ4n) is 2.68. The first kappa shape index (κ1) is 14.1. The topological polar surface area (TPSA) is 74.6 Å². The lowest BCUT2D eigenvalue weighted by molar-refractivity contribution is 0.630. The molecule has 0 aliphatic carbocycles. The minimum absolute atomic E-state index is 0.0542. The lowest BCUT2D eigenvalue weighted by atomic mass is 10.2. The number of nitrogen functional groups attached to an aromatic ring is 1. The molecule has 3 heterocycles. The molecule has 1 atom stereocenters. The molecule has 3 aromatic rings. The molecule has 0 fully saturated rings. The molecule has 0 aliphatic heterocycles. The number of aromatic nitrogens is 5. The zero-order chi connectivity index (χ0) is 15.1. The van der Waals surface area contributed by atoms with Gasteiger partial charge in [-0.05, 0) is 20.3 Å². The van der Waals surface area contributed by atoms with E-state index in [0.29, 0.717) is 5.95 Å². The van der Waals surface area contributed by atoms with Crippen molar-refractivity contribution in [1.82, 2.24) is 24.3 Å². The van der Waals surface area contributed by atoms with Gasteiger partial charge in [0.05, 0.1) is 11.7 Å². The number of nitrogens with two attached hydrogens (primary N) is 1. The van der Waals surface area contributed by atoms with E-state index < -0.39 is 0 Å². The standard InChI is InChI=1S/C14H20N6S/c1-5-6-10-11-13(19(4)18-10)20(14(15)17-11)9(3)12-16-7-8(2)21-12/h7,9H,5-6H2,1-4H3,(H2,15,17). The molecule has 1 unspecified atom stereocenters. The average Bonchev–Trinajstić information content (AvgIpc) is 3.07. The lowest BCUT2D eigenvalue weighted by Crippen LogP contribution is -2.12. The zero-order valence-corrected chi connectivity index (χ0v) is 13.6. The highest BCUT2D eigenvalue weighted by molar-refractivity contribution is 7.11. The van der Waals surface area contributed by atoms with Gasteiger partial charge in [-0.3, -0.25) is 9.25 Å². The second-order valence-corrected chi connectivity index (χ2v) is 6.58. The molecule has 0 aliphatic rings. The molecule has 0 spiro atoms. The Morgan fingerprint density at radius 2 is 2.19 bits per heavy atom. The van der Waals surface area contributed by atoms with Gasteiger partial charge in [0.1, 0.15) is 10.5 Å². The number of thiazole rings is 1. The molecule has 7 heteroatoms. The Hall–Kier alpha value is -1.89. The van der Waals surface area contributed by atoms with Gasteiger partial charge in [-0.25, -0.2) is 9.97 Å². The molecule has 0 saturated carbocycles. The Bertz CT molecular complexity index is 781. The van der Waals surface area contributed by atoms with E-state index in [1.165, 1.54) is 4.88 Å². The Kier molecular flexibility index (Phi) is 3.44. The summed E-state index contributed by atoms with van der Waals surface area (Å²) in [5.74, 6) is 0.524. The van der Waals surface area contributed by atoms with Crippen molar-refractivity contribution in [2.75, 3.05) is 5.73 Å². The zero-order valence-electron chi connectivity index (χ0n) is 12.8. The predicted octanol–water partition coefficient (Wildman–Crippen LogP) is 2.68. The second kappa shape index (κ2) is 5.14. The van der Waals surface area contributed by atoms with Crippen molar-refractivity contribution in [3.8, 4) is 0 Å². The Morgan fingerprint density at radius 3 is 2.81 bits per heavy atom. The molecule has 0 aromatic carbocycles. The molecule has 0 bridgehead atoms. The maximum absolute atomic E-state index is 6.16. The van der Waals surface area contributed by atoms with Crippen LogP contribution in [-0.4, -0.2) is 24.3 Å². The number of hydrogen-bond donors (Lipinski definition) is 1. The highest BCUT2D eigenvalue weighted by Gasteiger charge is 2.23. The van der Waals surface area contributed by atoms with E-state index in [4.69, 9.17) is 5.73 Å². The first-order valence-electron chi connectivity index (χ1n) is 7.14. The number of hydrogen-bond acceptors (Lipinski definition) is 5. The summed E-state index contributed by atoms with van der Waals surface area (Å²) in [4.78, 5) is 10.2. The van der Waals surface area contributed by atoms with Crippen LogP contribution in [0.15, 0.2) is 6.20 Å². The number of nitrogens with zero attached hydrogens (tertiary/aromatic N) is 5. The van der Waals surface area contributed by atoms with Crippen LogP contribution in [0.2, 0.25) is 0 Å². The van der Waals surface area contributed by atoms with Gasteiger partial charge in [0, 0.05) is 18.1 Å². The summed E-state index contributed by atoms with van der Waals surface area (Å²) in [5, 5.41) is 5.62. The van der Waals surface area contributed by atoms with Crippen LogP contribution < -0.4 is 5.73 Å². The molecule has 0 radical (unpaired) electrons. The molecule has 3 rings (SSSR count). The van der Waals surface area contributed by atoms with Crippen LogP contribution >= 0.6 is 11.3 Å². The molecule has 2 N–H and O–H groups in total. The summed E-state index contributed by atoms with van der Waals surface area (Å²) in [6, 6.07) is 0.0542. The molecular formula is C14H20N6S. The minimum atomic E-state index is 0.0542. The van der Waals surface area contributed by atoms with Gasteiger partial charge in [-0.1, -0.05) is 13.3 Å². The molecule has 21 heavy (non-hydrogen) atoms. The number of aryl methyl sites for hydroxylation is 3. The predicted molar refractivity (Wildman–Crippen MR) is 85.6 cm³/mol. The van der Waals surface area contributed by atoms with Crippen molar-refractivity contribution in [2.24, 2.45) is 7.05 Å². The van der Waals surface area contributed by atoms with Gasteiger partial charge >= 0.3 is 0 Å². The summed E-state index contributed by atoms with van der Waals surface area (Å²) >= 11 is 1.69. The van der Waals surface area contributed by atoms with E-state index >= 15 is 0 Å². The maximum atomic E-state index is 6.16. The fraction of sp³-hybridized carbons (Fsp3) is 0.500. The largest absolute Gasteiger partial charge is 0.369 e. The average molecular weight is 304 g/mol. The molecule has 6 nitrogen and oxygen atoms in total. The summed E-state index contributed by atoms with van der Waals surface area (Å²) in [6.45, 7) is 6.30. The molecule has 3 aromatic heterocycles. The van der Waals surface area contributed by atoms with E-state index in [2.05, 4.69) is 35.8 Å². The van der Waals surface area contributed by atoms with Gasteiger partial charge in [0.15, 0.2) is 5.65 Å². The van der Waals surface area contributed by atoms with Crippen LogP contribution in [0.4, 0.5) is 5.95 Å². The number of rotatable bonds is 4. The highest BCUT2D eigenvalue weighted by atomic mass is 32.1. The van der Waals surface area contributed by atoms with Crippen LogP contribution in [0.5, 0.6) is 0 Å². The van der Waals surface area contributed by atoms with E-state index in [9.17, 15) is 0 Å². The molecule has 112 valence electrons. The van der Waals surface area contributed by atoms with Crippen molar-refractivity contribution in [3.05, 3.63) is 21.8 Å². The van der Waals surface area contributed by atoms with E-state index in [1.807, 2.05) is 22.5 Å². The summed E-state index contributed by atoms with van der Waals surface area (Å²) in [6.07, 6.45) is 3.85. The van der Waals surface area contributed by atoms with Crippen LogP contribution in [0.1, 0.15) is 41.9 Å². The van der Waals surface area contributed by atoms with Gasteiger partial charge in [0.25, 0.3) is 0 Å². The first-order valence-corrected chi connectivity index (χ1v) is 7.96. The quantitative estimate of drug-likeness (QED) is 0.804. The highest BCUT2D eigenvalue weighted by Crippen LogP contribution is 2.30. The third-order valence-corrected chi connectivity index (χ3v) is 4.72. The molecular weight excluding hydrogens is 284 g/mol. The maximum Gasteiger partial charge on any atom is 0.203 e. The third-order valence-electron chi connectivity index (χ3n) is 3.63. The van der Waals surface area contributed by atoms with Crippen molar-refractivity contribution in [1.29, 1.82) is 0 Å². The van der Waals surface area contributed by atoms with Crippen molar-refractivity contribution >= 4 is 28.4 Å². The lowest BCUT2D eigenvalue weighted by Gasteiger charge is -2.13. The van der Waals surface area contributed by atoms with Crippen LogP contribution in [0.3, 0.4) is 0 Å². The summed E-state index contributed by atoms with van der Waals surface area (Å²) in [7, 11) is 1.94. The van der Waals surface area contributed by atoms with Gasteiger partial charge in [-0.15, -0.1) is 11.3 Å². The Balaban J connectivity index is 2.16. The van der Waals surface area contributed by atoms with Gasteiger partial charge in [0.2, 0.25) is 5.95 Å². The molecule has 0 amide bonds. The number of fused-ring (bicyclic) bond motifs is 1. The smallest absolute Gasteiger partial charge is 0.203 e. The van der Waals surface area contributed by atoms with E-state index in [0.717, 1.165) is 34.7 Å². The Morgan fingerprint density at radius 1 is 1.43 bits per heavy atom. The SMILES string of the molecule is CCCc1nn(C)c2c1nc(N)n2C(C)c1ncc(C)s1. The summed E-state index contributed by atoms with van der Waals surface area (Å²) < 4.78 is 3.90. The third kappa shape index (κ3) is 2.21. The van der Waals surface area contributed by atoms with Gasteiger partial charge < -0.3 is 5.73 Å². The van der Waals surface area contributed by atoms with Crippen LogP contribution in [0.25, 0.3) is 11.2 Å². The van der Waals surface area contributed by atoms with E-state index in [1.54, 1.807) is 11.3 Å². The van der Waals surface area contributed by atoms with Gasteiger partial charge in [-0.2, -0.15) is 5.10 Å². The fourth-order valence-corrected chi connectivity index (χ4v) is 3.50. The first-order chi connectivity index (χ1) is 10.0. The van der Waals surface area contributed by atoms with Crippen molar-refractivity contribution < 1.29 is 0 Å². The second-order valence-electron chi connectivity index (χ2n) is 5.32. The monoisotopic (exact) mass is 304 g/mol.